The van der Waals surface area contributed by atoms with E-state index in [-0.39, 0.29) is 5.79 Å². The van der Waals surface area contributed by atoms with Crippen LogP contribution in [0.2, 0.25) is 0 Å². The van der Waals surface area contributed by atoms with E-state index in [4.69, 9.17) is 9.47 Å². The fourth-order valence-corrected chi connectivity index (χ4v) is 13.1. The van der Waals surface area contributed by atoms with Crippen molar-refractivity contribution < 1.29 is 9.47 Å². The van der Waals surface area contributed by atoms with Crippen molar-refractivity contribution in [3.63, 3.8) is 0 Å². The minimum atomic E-state index is -1.17. The standard InChI is InChI=1S/C19H38O2P/c1-9-17(10-2)15(5)19(20-13-14-21-19)16(6)18(11-3,12-4)22(17,7)8/h15-16H,9-14H2,1-8H3/q+1. The SMILES string of the molecule is CCC1(CC)C(C)C2(OCCO2)C(C)C(CC)(CC)[P+]1(C)C. The van der Waals surface area contributed by atoms with Crippen molar-refractivity contribution in [2.75, 3.05) is 26.5 Å². The average Bonchev–Trinajstić information content (AvgIpc) is 2.99. The Kier molecular flexibility index (Phi) is 5.11. The van der Waals surface area contributed by atoms with Gasteiger partial charge in [-0.05, 0) is 25.7 Å². The van der Waals surface area contributed by atoms with Crippen LogP contribution in [0, 0.1) is 11.8 Å². The molecule has 2 aliphatic rings. The zero-order valence-corrected chi connectivity index (χ0v) is 17.1. The third-order valence-corrected chi connectivity index (χ3v) is 14.7. The molecule has 2 aliphatic heterocycles. The Morgan fingerprint density at radius 2 is 1.09 bits per heavy atom. The van der Waals surface area contributed by atoms with Crippen molar-refractivity contribution in [3.8, 4) is 0 Å². The maximum atomic E-state index is 6.41. The molecule has 2 heterocycles. The van der Waals surface area contributed by atoms with Crippen LogP contribution >= 0.6 is 7.26 Å². The Morgan fingerprint density at radius 1 is 0.773 bits per heavy atom. The van der Waals surface area contributed by atoms with Gasteiger partial charge in [0, 0.05) is 32.4 Å². The molecule has 0 aromatic carbocycles. The van der Waals surface area contributed by atoms with Gasteiger partial charge in [0.25, 0.3) is 0 Å². The molecule has 2 unspecified atom stereocenters. The van der Waals surface area contributed by atoms with Gasteiger partial charge in [0.2, 0.25) is 0 Å². The summed E-state index contributed by atoms with van der Waals surface area (Å²) in [5.41, 5.74) is 0. The van der Waals surface area contributed by atoms with E-state index >= 15 is 0 Å². The maximum absolute atomic E-state index is 6.41. The average molecular weight is 329 g/mol. The second-order valence-corrected chi connectivity index (χ2v) is 12.6. The first kappa shape index (κ1) is 18.7. The molecule has 0 aromatic rings. The van der Waals surface area contributed by atoms with Crippen LogP contribution in [0.3, 0.4) is 0 Å². The number of rotatable bonds is 4. The summed E-state index contributed by atoms with van der Waals surface area (Å²) in [6.07, 6.45) is 4.98. The highest BCUT2D eigenvalue weighted by Gasteiger charge is 2.76. The zero-order chi connectivity index (χ0) is 16.8. The first-order chi connectivity index (χ1) is 10.3. The smallest absolute Gasteiger partial charge is 0.181 e. The van der Waals surface area contributed by atoms with E-state index in [1.807, 2.05) is 0 Å². The molecule has 2 nitrogen and oxygen atoms in total. The normalized spacial score (nSPS) is 34.9. The van der Waals surface area contributed by atoms with Gasteiger partial charge in [-0.2, -0.15) is 0 Å². The molecular formula is C19H38O2P+. The molecule has 0 bridgehead atoms. The summed E-state index contributed by atoms with van der Waals surface area (Å²) in [7, 11) is -1.17. The monoisotopic (exact) mass is 329 g/mol. The van der Waals surface area contributed by atoms with Crippen LogP contribution in [0.4, 0.5) is 0 Å². The molecule has 0 N–H and O–H groups in total. The van der Waals surface area contributed by atoms with E-state index in [0.717, 1.165) is 13.2 Å². The van der Waals surface area contributed by atoms with Crippen molar-refractivity contribution in [2.24, 2.45) is 11.8 Å². The lowest BCUT2D eigenvalue weighted by atomic mass is 9.70. The highest BCUT2D eigenvalue weighted by molar-refractivity contribution is 7.77. The van der Waals surface area contributed by atoms with Crippen LogP contribution in [-0.2, 0) is 9.47 Å². The van der Waals surface area contributed by atoms with Crippen LogP contribution in [0.25, 0.3) is 0 Å². The maximum Gasteiger partial charge on any atom is 0.181 e. The summed E-state index contributed by atoms with van der Waals surface area (Å²) in [5.74, 6) is 0.595. The first-order valence-corrected chi connectivity index (χ1v) is 12.1. The lowest BCUT2D eigenvalue weighted by molar-refractivity contribution is -0.246. The van der Waals surface area contributed by atoms with E-state index in [1.54, 1.807) is 0 Å². The van der Waals surface area contributed by atoms with Crippen molar-refractivity contribution >= 4 is 7.26 Å². The molecular weight excluding hydrogens is 291 g/mol. The molecule has 0 amide bonds. The lowest BCUT2D eigenvalue weighted by Gasteiger charge is -2.65. The molecule has 1 spiro atoms. The second-order valence-electron chi connectivity index (χ2n) is 7.94. The molecule has 2 saturated heterocycles. The van der Waals surface area contributed by atoms with Gasteiger partial charge in [-0.1, -0.05) is 41.5 Å². The van der Waals surface area contributed by atoms with Gasteiger partial charge in [-0.3, -0.25) is 0 Å². The summed E-state index contributed by atoms with van der Waals surface area (Å²) in [4.78, 5) is 0. The van der Waals surface area contributed by atoms with E-state index in [1.165, 1.54) is 25.7 Å². The quantitative estimate of drug-likeness (QED) is 0.642. The molecule has 3 heteroatoms. The van der Waals surface area contributed by atoms with Gasteiger partial charge >= 0.3 is 0 Å². The number of ether oxygens (including phenoxy) is 2. The summed E-state index contributed by atoms with van der Waals surface area (Å²) < 4.78 is 12.8. The van der Waals surface area contributed by atoms with Gasteiger partial charge in [-0.15, -0.1) is 0 Å². The Labute approximate surface area is 139 Å². The van der Waals surface area contributed by atoms with E-state index in [9.17, 15) is 0 Å². The van der Waals surface area contributed by atoms with Crippen LogP contribution in [0.15, 0.2) is 0 Å². The third kappa shape index (κ3) is 1.90. The molecule has 22 heavy (non-hydrogen) atoms. The summed E-state index contributed by atoms with van der Waals surface area (Å²) in [6, 6.07) is 0. The topological polar surface area (TPSA) is 18.5 Å². The minimum Gasteiger partial charge on any atom is -0.347 e. The Bertz CT molecular complexity index is 360. The third-order valence-electron chi connectivity index (χ3n) is 8.23. The van der Waals surface area contributed by atoms with Gasteiger partial charge in [0.1, 0.15) is 0 Å². The molecule has 2 atom stereocenters. The van der Waals surface area contributed by atoms with E-state index < -0.39 is 7.26 Å². The molecule has 0 aliphatic carbocycles. The van der Waals surface area contributed by atoms with Gasteiger partial charge in [0.15, 0.2) is 5.79 Å². The molecule has 130 valence electrons. The van der Waals surface area contributed by atoms with E-state index in [2.05, 4.69) is 54.9 Å². The van der Waals surface area contributed by atoms with Crippen LogP contribution in [0.5, 0.6) is 0 Å². The number of hydrogen-bond donors (Lipinski definition) is 0. The van der Waals surface area contributed by atoms with Crippen molar-refractivity contribution in [2.45, 2.75) is 83.3 Å². The second kappa shape index (κ2) is 6.01. The molecule has 2 fully saturated rings. The first-order valence-electron chi connectivity index (χ1n) is 9.38. The molecule has 0 saturated carbocycles. The largest absolute Gasteiger partial charge is 0.347 e. The fraction of sp³-hybridized carbons (Fsp3) is 1.00. The predicted molar refractivity (Wildman–Crippen MR) is 98.4 cm³/mol. The Balaban J connectivity index is 2.71. The lowest BCUT2D eigenvalue weighted by Crippen LogP contribution is -2.67. The summed E-state index contributed by atoms with van der Waals surface area (Å²) in [5, 5.41) is 0.742. The van der Waals surface area contributed by atoms with Crippen LogP contribution < -0.4 is 0 Å². The van der Waals surface area contributed by atoms with Gasteiger partial charge in [0.05, 0.1) is 23.5 Å². The fourth-order valence-electron chi connectivity index (χ4n) is 6.79. The molecule has 0 aromatic heterocycles. The minimum absolute atomic E-state index is 0.354. The van der Waals surface area contributed by atoms with Crippen LogP contribution in [-0.4, -0.2) is 42.6 Å². The van der Waals surface area contributed by atoms with E-state index in [0.29, 0.717) is 22.1 Å². The Morgan fingerprint density at radius 3 is 1.36 bits per heavy atom. The summed E-state index contributed by atoms with van der Waals surface area (Å²) >= 11 is 0. The van der Waals surface area contributed by atoms with Crippen molar-refractivity contribution in [3.05, 3.63) is 0 Å². The zero-order valence-electron chi connectivity index (χ0n) is 16.2. The van der Waals surface area contributed by atoms with Gasteiger partial charge in [-0.25, -0.2) is 0 Å². The predicted octanol–water partition coefficient (Wildman–Crippen LogP) is 5.41. The highest BCUT2D eigenvalue weighted by Crippen LogP contribution is 2.84. The molecule has 2 rings (SSSR count). The molecule has 0 radical (unpaired) electrons. The highest BCUT2D eigenvalue weighted by atomic mass is 31.2. The van der Waals surface area contributed by atoms with Crippen molar-refractivity contribution in [1.82, 2.24) is 0 Å². The summed E-state index contributed by atoms with van der Waals surface area (Å²) in [6.45, 7) is 21.3. The van der Waals surface area contributed by atoms with Crippen molar-refractivity contribution in [1.29, 1.82) is 0 Å². The Hall–Kier alpha value is 0.350. The number of hydrogen-bond acceptors (Lipinski definition) is 2. The van der Waals surface area contributed by atoms with Crippen LogP contribution in [0.1, 0.15) is 67.2 Å². The van der Waals surface area contributed by atoms with Gasteiger partial charge < -0.3 is 9.47 Å².